The summed E-state index contributed by atoms with van der Waals surface area (Å²) in [6.45, 7) is 7.86. The van der Waals surface area contributed by atoms with Crippen LogP contribution in [0.5, 0.6) is 0 Å². The Morgan fingerprint density at radius 1 is 0.964 bits per heavy atom. The molecule has 28 heavy (non-hydrogen) atoms. The smallest absolute Gasteiger partial charge is 0.243 e. The SMILES string of the molecule is CCN(CC)c1ccc(NC(=O)CN(CCc2ccc(F)cc2)C(C)=O)cc1. The average Bonchev–Trinajstić information content (AvgIpc) is 2.68. The number of nitrogens with zero attached hydrogens (tertiary/aromatic N) is 2. The van der Waals surface area contributed by atoms with Gasteiger partial charge in [-0.2, -0.15) is 0 Å². The number of hydrogen-bond acceptors (Lipinski definition) is 3. The molecule has 0 aliphatic heterocycles. The zero-order chi connectivity index (χ0) is 20.5. The van der Waals surface area contributed by atoms with Gasteiger partial charge in [-0.25, -0.2) is 4.39 Å². The molecule has 6 heteroatoms. The number of amides is 2. The van der Waals surface area contributed by atoms with E-state index >= 15 is 0 Å². The first kappa shape index (κ1) is 21.4. The molecular weight excluding hydrogens is 357 g/mol. The predicted octanol–water partition coefficient (Wildman–Crippen LogP) is 3.70. The molecule has 2 aromatic rings. The molecule has 0 atom stereocenters. The molecule has 5 nitrogen and oxygen atoms in total. The topological polar surface area (TPSA) is 52.7 Å². The predicted molar refractivity (Wildman–Crippen MR) is 111 cm³/mol. The standard InChI is InChI=1S/C22H28FN3O2/c1-4-25(5-2)21-12-10-20(11-13-21)24-22(28)16-26(17(3)27)15-14-18-6-8-19(23)9-7-18/h6-13H,4-5,14-16H2,1-3H3,(H,24,28). The maximum Gasteiger partial charge on any atom is 0.243 e. The molecule has 0 saturated heterocycles. The summed E-state index contributed by atoms with van der Waals surface area (Å²) in [6.07, 6.45) is 0.561. The highest BCUT2D eigenvalue weighted by Crippen LogP contribution is 2.17. The molecule has 0 saturated carbocycles. The average molecular weight is 385 g/mol. The van der Waals surface area contributed by atoms with Crippen LogP contribution in [0.1, 0.15) is 26.3 Å². The zero-order valence-electron chi connectivity index (χ0n) is 16.7. The Balaban J connectivity index is 1.91. The molecule has 2 amide bonds. The third kappa shape index (κ3) is 6.37. The van der Waals surface area contributed by atoms with Gasteiger partial charge in [0.2, 0.25) is 11.8 Å². The van der Waals surface area contributed by atoms with Gasteiger partial charge in [0.25, 0.3) is 0 Å². The van der Waals surface area contributed by atoms with Crippen molar-refractivity contribution in [2.75, 3.05) is 36.4 Å². The van der Waals surface area contributed by atoms with Gasteiger partial charge in [-0.15, -0.1) is 0 Å². The van der Waals surface area contributed by atoms with E-state index in [4.69, 9.17) is 0 Å². The van der Waals surface area contributed by atoms with E-state index in [1.165, 1.54) is 24.0 Å². The highest BCUT2D eigenvalue weighted by Gasteiger charge is 2.14. The second-order valence-electron chi connectivity index (χ2n) is 6.58. The van der Waals surface area contributed by atoms with Crippen LogP contribution < -0.4 is 10.2 Å². The van der Waals surface area contributed by atoms with Crippen molar-refractivity contribution in [2.45, 2.75) is 27.2 Å². The summed E-state index contributed by atoms with van der Waals surface area (Å²) in [4.78, 5) is 27.9. The number of nitrogens with one attached hydrogen (secondary N) is 1. The Morgan fingerprint density at radius 2 is 1.57 bits per heavy atom. The number of anilines is 2. The van der Waals surface area contributed by atoms with Gasteiger partial charge >= 0.3 is 0 Å². The molecule has 0 heterocycles. The van der Waals surface area contributed by atoms with E-state index in [0.717, 1.165) is 24.3 Å². The Kier molecular flexibility index (Phi) is 7.99. The van der Waals surface area contributed by atoms with Crippen LogP contribution in [-0.4, -0.2) is 42.9 Å². The maximum atomic E-state index is 13.0. The van der Waals surface area contributed by atoms with Crippen LogP contribution in [-0.2, 0) is 16.0 Å². The first-order valence-electron chi connectivity index (χ1n) is 9.57. The largest absolute Gasteiger partial charge is 0.372 e. The van der Waals surface area contributed by atoms with Crippen molar-refractivity contribution in [1.29, 1.82) is 0 Å². The first-order chi connectivity index (χ1) is 13.4. The summed E-state index contributed by atoms with van der Waals surface area (Å²) in [5.74, 6) is -0.711. The molecule has 0 aromatic heterocycles. The molecule has 0 unspecified atom stereocenters. The Bertz CT molecular complexity index is 771. The summed E-state index contributed by atoms with van der Waals surface area (Å²) in [6, 6.07) is 13.8. The van der Waals surface area contributed by atoms with Gasteiger partial charge in [0.15, 0.2) is 0 Å². The number of benzene rings is 2. The van der Waals surface area contributed by atoms with E-state index < -0.39 is 0 Å². The van der Waals surface area contributed by atoms with Gasteiger partial charge in [0, 0.05) is 37.9 Å². The fraction of sp³-hybridized carbons (Fsp3) is 0.364. The van der Waals surface area contributed by atoms with Gasteiger partial charge in [0.1, 0.15) is 5.82 Å². The minimum atomic E-state index is -0.293. The van der Waals surface area contributed by atoms with Gasteiger partial charge in [-0.3, -0.25) is 9.59 Å². The second kappa shape index (κ2) is 10.4. The summed E-state index contributed by atoms with van der Waals surface area (Å²) >= 11 is 0. The summed E-state index contributed by atoms with van der Waals surface area (Å²) in [7, 11) is 0. The van der Waals surface area contributed by atoms with Crippen molar-refractivity contribution in [3.63, 3.8) is 0 Å². The van der Waals surface area contributed by atoms with E-state index in [1.807, 2.05) is 24.3 Å². The van der Waals surface area contributed by atoms with Crippen LogP contribution in [0.25, 0.3) is 0 Å². The molecule has 0 aliphatic rings. The Hall–Kier alpha value is -2.89. The summed E-state index contributed by atoms with van der Waals surface area (Å²) < 4.78 is 13.0. The number of carbonyl (C=O) groups excluding carboxylic acids is 2. The van der Waals surface area contributed by atoms with E-state index in [-0.39, 0.29) is 24.2 Å². The van der Waals surface area contributed by atoms with Crippen LogP contribution >= 0.6 is 0 Å². The van der Waals surface area contributed by atoms with E-state index in [0.29, 0.717) is 18.7 Å². The van der Waals surface area contributed by atoms with E-state index in [9.17, 15) is 14.0 Å². The lowest BCUT2D eigenvalue weighted by Crippen LogP contribution is -2.38. The molecular formula is C22H28FN3O2. The maximum absolute atomic E-state index is 13.0. The molecule has 0 bridgehead atoms. The fourth-order valence-electron chi connectivity index (χ4n) is 2.98. The lowest BCUT2D eigenvalue weighted by Gasteiger charge is -2.22. The minimum Gasteiger partial charge on any atom is -0.372 e. The molecule has 0 radical (unpaired) electrons. The molecule has 0 aliphatic carbocycles. The van der Waals surface area contributed by atoms with Crippen molar-refractivity contribution >= 4 is 23.2 Å². The highest BCUT2D eigenvalue weighted by molar-refractivity contribution is 5.94. The monoisotopic (exact) mass is 385 g/mol. The fourth-order valence-corrected chi connectivity index (χ4v) is 2.98. The Labute approximate surface area is 166 Å². The third-order valence-electron chi connectivity index (χ3n) is 4.64. The van der Waals surface area contributed by atoms with E-state index in [1.54, 1.807) is 12.1 Å². The van der Waals surface area contributed by atoms with Gasteiger partial charge in [0.05, 0.1) is 6.54 Å². The lowest BCUT2D eigenvalue weighted by molar-refractivity contribution is -0.132. The van der Waals surface area contributed by atoms with Crippen molar-refractivity contribution in [2.24, 2.45) is 0 Å². The summed E-state index contributed by atoms with van der Waals surface area (Å²) in [5, 5.41) is 2.83. The van der Waals surface area contributed by atoms with Crippen molar-refractivity contribution < 1.29 is 14.0 Å². The van der Waals surface area contributed by atoms with Crippen molar-refractivity contribution in [1.82, 2.24) is 4.90 Å². The molecule has 1 N–H and O–H groups in total. The highest BCUT2D eigenvalue weighted by atomic mass is 19.1. The normalized spacial score (nSPS) is 10.4. The molecule has 0 fully saturated rings. The van der Waals surface area contributed by atoms with Crippen molar-refractivity contribution in [3.05, 3.63) is 59.9 Å². The first-order valence-corrected chi connectivity index (χ1v) is 9.57. The molecule has 0 spiro atoms. The lowest BCUT2D eigenvalue weighted by atomic mass is 10.1. The zero-order valence-corrected chi connectivity index (χ0v) is 16.7. The number of hydrogen-bond donors (Lipinski definition) is 1. The quantitative estimate of drug-likeness (QED) is 0.716. The molecule has 150 valence electrons. The van der Waals surface area contributed by atoms with E-state index in [2.05, 4.69) is 24.1 Å². The summed E-state index contributed by atoms with van der Waals surface area (Å²) in [5.41, 5.74) is 2.72. The minimum absolute atomic E-state index is 0.0195. The number of halogens is 1. The van der Waals surface area contributed by atoms with Crippen LogP contribution in [0.2, 0.25) is 0 Å². The number of rotatable bonds is 9. The van der Waals surface area contributed by atoms with Crippen LogP contribution in [0.3, 0.4) is 0 Å². The molecule has 2 aromatic carbocycles. The van der Waals surface area contributed by atoms with Gasteiger partial charge < -0.3 is 15.1 Å². The van der Waals surface area contributed by atoms with Gasteiger partial charge in [-0.05, 0) is 62.2 Å². The Morgan fingerprint density at radius 3 is 2.11 bits per heavy atom. The van der Waals surface area contributed by atoms with Crippen LogP contribution in [0.4, 0.5) is 15.8 Å². The van der Waals surface area contributed by atoms with Crippen LogP contribution in [0.15, 0.2) is 48.5 Å². The van der Waals surface area contributed by atoms with Crippen molar-refractivity contribution in [3.8, 4) is 0 Å². The third-order valence-corrected chi connectivity index (χ3v) is 4.64. The van der Waals surface area contributed by atoms with Crippen LogP contribution in [0, 0.1) is 5.82 Å². The molecule has 2 rings (SSSR count). The van der Waals surface area contributed by atoms with Gasteiger partial charge in [-0.1, -0.05) is 12.1 Å². The second-order valence-corrected chi connectivity index (χ2v) is 6.58. The number of carbonyl (C=O) groups is 2.